The van der Waals surface area contributed by atoms with E-state index in [-0.39, 0.29) is 12.7 Å². The molecule has 0 spiro atoms. The van der Waals surface area contributed by atoms with Crippen molar-refractivity contribution in [2.24, 2.45) is 5.41 Å². The molecule has 1 aliphatic heterocycles. The molecule has 0 aliphatic carbocycles. The molecule has 184 valence electrons. The third kappa shape index (κ3) is 6.26. The van der Waals surface area contributed by atoms with Gasteiger partial charge in [0, 0.05) is 37.0 Å². The smallest absolute Gasteiger partial charge is 0.366 e. The molecule has 10 heteroatoms. The Morgan fingerprint density at radius 3 is 2.58 bits per heavy atom. The number of methoxy groups -OCH3 is 1. The van der Waals surface area contributed by atoms with Gasteiger partial charge in [-0.2, -0.15) is 8.42 Å². The molecule has 0 atom stereocenters. The Balaban J connectivity index is 1.80. The molecule has 0 amide bonds. The van der Waals surface area contributed by atoms with Gasteiger partial charge >= 0.3 is 16.3 Å². The second-order valence-electron chi connectivity index (χ2n) is 9.21. The lowest BCUT2D eigenvalue weighted by atomic mass is 9.95. The lowest BCUT2D eigenvalue weighted by molar-refractivity contribution is -0.165. The van der Waals surface area contributed by atoms with Crippen LogP contribution in [0.2, 0.25) is 0 Å². The van der Waals surface area contributed by atoms with Crippen LogP contribution in [0.4, 0.5) is 0 Å². The van der Waals surface area contributed by atoms with Crippen molar-refractivity contribution in [1.29, 1.82) is 0 Å². The first-order valence-electron chi connectivity index (χ1n) is 11.0. The number of carbonyl (C=O) groups is 1. The minimum absolute atomic E-state index is 0.220. The Kier molecular flexibility index (Phi) is 8.04. The van der Waals surface area contributed by atoms with Gasteiger partial charge in [-0.1, -0.05) is 0 Å². The molecule has 1 fully saturated rings. The van der Waals surface area contributed by atoms with Crippen LogP contribution in [0.15, 0.2) is 24.4 Å². The van der Waals surface area contributed by atoms with Crippen LogP contribution < -0.4 is 4.74 Å². The first kappa shape index (κ1) is 25.5. The highest BCUT2D eigenvalue weighted by molar-refractivity contribution is 7.85. The average Bonchev–Trinajstić information content (AvgIpc) is 3.16. The molecule has 1 aromatic heterocycles. The van der Waals surface area contributed by atoms with Gasteiger partial charge in [0.25, 0.3) is 0 Å². The van der Waals surface area contributed by atoms with Crippen LogP contribution in [-0.2, 0) is 35.2 Å². The van der Waals surface area contributed by atoms with E-state index in [9.17, 15) is 13.2 Å². The Hall–Kier alpha value is -2.14. The summed E-state index contributed by atoms with van der Waals surface area (Å²) in [6, 6.07) is 5.31. The number of nitrogens with zero attached hydrogens (tertiary/aromatic N) is 2. The molecule has 1 aromatic carbocycles. The van der Waals surface area contributed by atoms with E-state index in [1.807, 2.05) is 25.1 Å². The fourth-order valence-electron chi connectivity index (χ4n) is 3.54. The monoisotopic (exact) mass is 482 g/mol. The van der Waals surface area contributed by atoms with Crippen LogP contribution in [0.3, 0.4) is 0 Å². The van der Waals surface area contributed by atoms with Crippen molar-refractivity contribution in [3.63, 3.8) is 0 Å². The van der Waals surface area contributed by atoms with Crippen LogP contribution in [0.25, 0.3) is 10.9 Å². The summed E-state index contributed by atoms with van der Waals surface area (Å²) in [5, 5.41) is 0.808. The zero-order valence-corrected chi connectivity index (χ0v) is 20.8. The van der Waals surface area contributed by atoms with Gasteiger partial charge in [0.2, 0.25) is 0 Å². The quantitative estimate of drug-likeness (QED) is 0.477. The van der Waals surface area contributed by atoms with Crippen LogP contribution >= 0.6 is 0 Å². The van der Waals surface area contributed by atoms with Gasteiger partial charge < -0.3 is 19.1 Å². The van der Waals surface area contributed by atoms with E-state index >= 15 is 0 Å². The second kappa shape index (κ2) is 10.4. The first-order chi connectivity index (χ1) is 15.5. The van der Waals surface area contributed by atoms with Crippen LogP contribution in [-0.4, -0.2) is 76.9 Å². The van der Waals surface area contributed by atoms with Crippen molar-refractivity contribution < 1.29 is 31.6 Å². The number of aromatic nitrogens is 1. The average molecular weight is 483 g/mol. The predicted octanol–water partition coefficient (Wildman–Crippen LogP) is 2.61. The number of esters is 1. The van der Waals surface area contributed by atoms with Gasteiger partial charge in [0.1, 0.15) is 11.9 Å². The van der Waals surface area contributed by atoms with Crippen molar-refractivity contribution in [3.05, 3.63) is 30.0 Å². The van der Waals surface area contributed by atoms with Gasteiger partial charge in [-0.05, 0) is 52.1 Å². The van der Waals surface area contributed by atoms with Crippen molar-refractivity contribution >= 4 is 27.2 Å². The number of carbonyl (C=O) groups excluding carboxylic acids is 1. The zero-order chi connectivity index (χ0) is 24.2. The Morgan fingerprint density at radius 2 is 1.94 bits per heavy atom. The fraction of sp³-hybridized carbons (Fsp3) is 0.609. The molecule has 33 heavy (non-hydrogen) atoms. The zero-order valence-electron chi connectivity index (χ0n) is 20.0. The summed E-state index contributed by atoms with van der Waals surface area (Å²) >= 11 is 0. The van der Waals surface area contributed by atoms with Gasteiger partial charge in [0.15, 0.2) is 0 Å². The van der Waals surface area contributed by atoms with Crippen molar-refractivity contribution in [2.75, 3.05) is 47.6 Å². The molecule has 0 bridgehead atoms. The summed E-state index contributed by atoms with van der Waals surface area (Å²) in [5.41, 5.74) is 0.206. The minimum atomic E-state index is -4.21. The minimum Gasteiger partial charge on any atom is -0.497 e. The highest BCUT2D eigenvalue weighted by Gasteiger charge is 2.35. The molecule has 0 N–H and O–H groups in total. The Labute approximate surface area is 195 Å². The summed E-state index contributed by atoms with van der Waals surface area (Å²) < 4.78 is 49.0. The summed E-state index contributed by atoms with van der Waals surface area (Å²) in [5.74, 6) is 0.0480. The van der Waals surface area contributed by atoms with Crippen molar-refractivity contribution in [3.8, 4) is 5.75 Å². The number of hydrogen-bond donors (Lipinski definition) is 0. The summed E-state index contributed by atoms with van der Waals surface area (Å²) in [4.78, 5) is 14.7. The first-order valence-corrected chi connectivity index (χ1v) is 12.4. The standard InChI is InChI=1S/C23H34N2O7S/c1-23(2,22(26)32-18-9-12-30-13-10-18)16-31-33(27,28)25-15-17(8-11-24(3)4)20-7-6-19(29-5)14-21(20)25/h6-7,14-15,18H,8-13,16H2,1-5H3. The van der Waals surface area contributed by atoms with E-state index in [1.54, 1.807) is 32.2 Å². The molecule has 2 heterocycles. The molecule has 1 saturated heterocycles. The normalized spacial score (nSPS) is 15.8. The van der Waals surface area contributed by atoms with Crippen LogP contribution in [0, 0.1) is 5.41 Å². The third-order valence-electron chi connectivity index (χ3n) is 5.69. The topological polar surface area (TPSA) is 96.3 Å². The maximum atomic E-state index is 13.2. The third-order valence-corrected chi connectivity index (χ3v) is 6.89. The van der Waals surface area contributed by atoms with E-state index in [0.717, 1.165) is 21.5 Å². The lowest BCUT2D eigenvalue weighted by Gasteiger charge is -2.28. The number of ether oxygens (including phenoxy) is 3. The molecular weight excluding hydrogens is 448 g/mol. The van der Waals surface area contributed by atoms with E-state index < -0.39 is 21.7 Å². The lowest BCUT2D eigenvalue weighted by Crippen LogP contribution is -2.37. The van der Waals surface area contributed by atoms with E-state index in [2.05, 4.69) is 0 Å². The van der Waals surface area contributed by atoms with Gasteiger partial charge in [-0.25, -0.2) is 3.97 Å². The van der Waals surface area contributed by atoms with Crippen molar-refractivity contribution in [1.82, 2.24) is 8.87 Å². The molecular formula is C23H34N2O7S. The number of rotatable bonds is 10. The molecule has 0 unspecified atom stereocenters. The van der Waals surface area contributed by atoms with Crippen LogP contribution in [0.1, 0.15) is 32.3 Å². The molecule has 1 aliphatic rings. The fourth-order valence-corrected chi connectivity index (χ4v) is 4.75. The summed E-state index contributed by atoms with van der Waals surface area (Å²) in [7, 11) is 1.24. The molecule has 9 nitrogen and oxygen atoms in total. The number of fused-ring (bicyclic) bond motifs is 1. The van der Waals surface area contributed by atoms with Crippen molar-refractivity contribution in [2.45, 2.75) is 39.2 Å². The summed E-state index contributed by atoms with van der Waals surface area (Å²) in [6.07, 6.45) is 3.29. The second-order valence-corrected chi connectivity index (χ2v) is 10.7. The molecule has 0 radical (unpaired) electrons. The number of hydrogen-bond acceptors (Lipinski definition) is 8. The summed E-state index contributed by atoms with van der Waals surface area (Å²) in [6.45, 7) is 4.74. The number of likely N-dealkylation sites (N-methyl/N-ethyl adjacent to an activating group) is 1. The van der Waals surface area contributed by atoms with Gasteiger partial charge in [-0.15, -0.1) is 0 Å². The van der Waals surface area contributed by atoms with Crippen LogP contribution in [0.5, 0.6) is 5.75 Å². The maximum absolute atomic E-state index is 13.2. The van der Waals surface area contributed by atoms with Gasteiger partial charge in [0.05, 0.1) is 37.9 Å². The maximum Gasteiger partial charge on any atom is 0.366 e. The number of benzene rings is 1. The Bertz CT molecular complexity index is 1070. The van der Waals surface area contributed by atoms with E-state index in [0.29, 0.717) is 43.7 Å². The Morgan fingerprint density at radius 1 is 1.24 bits per heavy atom. The highest BCUT2D eigenvalue weighted by atomic mass is 32.2. The molecule has 2 aromatic rings. The largest absolute Gasteiger partial charge is 0.497 e. The SMILES string of the molecule is COc1ccc2c(CCN(C)C)cn(S(=O)(=O)OCC(C)(C)C(=O)OC3CCOCC3)c2c1. The molecule has 3 rings (SSSR count). The van der Waals surface area contributed by atoms with E-state index in [4.69, 9.17) is 18.4 Å². The van der Waals surface area contributed by atoms with Gasteiger partial charge in [-0.3, -0.25) is 8.98 Å². The molecule has 0 saturated carbocycles. The highest BCUT2D eigenvalue weighted by Crippen LogP contribution is 2.29. The predicted molar refractivity (Wildman–Crippen MR) is 125 cm³/mol. The van der Waals surface area contributed by atoms with E-state index in [1.165, 1.54) is 7.11 Å².